The standard InChI is InChI=1S/C14H14ClNO/c1-17-14-8-2-11(3-9-14)10-16-13-6-4-12(15)5-7-13/h2-9,16H,10H2,1H3. The molecule has 88 valence electrons. The molecule has 0 aliphatic rings. The van der Waals surface area contributed by atoms with E-state index in [0.29, 0.717) is 0 Å². The van der Waals surface area contributed by atoms with Gasteiger partial charge in [0, 0.05) is 17.3 Å². The van der Waals surface area contributed by atoms with E-state index >= 15 is 0 Å². The molecular weight excluding hydrogens is 234 g/mol. The molecule has 0 heterocycles. The SMILES string of the molecule is COc1ccc(CNc2ccc(Cl)cc2)cc1. The molecule has 2 rings (SSSR count). The predicted octanol–water partition coefficient (Wildman–Crippen LogP) is 3.96. The summed E-state index contributed by atoms with van der Waals surface area (Å²) in [4.78, 5) is 0. The van der Waals surface area contributed by atoms with Crippen molar-refractivity contribution in [1.29, 1.82) is 0 Å². The first-order chi connectivity index (χ1) is 8.28. The quantitative estimate of drug-likeness (QED) is 0.883. The van der Waals surface area contributed by atoms with E-state index in [0.717, 1.165) is 23.0 Å². The maximum atomic E-state index is 5.82. The van der Waals surface area contributed by atoms with Gasteiger partial charge in [-0.05, 0) is 42.0 Å². The molecular formula is C14H14ClNO. The average molecular weight is 248 g/mol. The molecule has 0 amide bonds. The van der Waals surface area contributed by atoms with E-state index in [9.17, 15) is 0 Å². The fourth-order valence-electron chi connectivity index (χ4n) is 1.52. The minimum atomic E-state index is 0.750. The highest BCUT2D eigenvalue weighted by molar-refractivity contribution is 6.30. The summed E-state index contributed by atoms with van der Waals surface area (Å²) in [6.45, 7) is 0.783. The van der Waals surface area contributed by atoms with Crippen molar-refractivity contribution in [3.63, 3.8) is 0 Å². The summed E-state index contributed by atoms with van der Waals surface area (Å²) in [5.41, 5.74) is 2.27. The second-order valence-electron chi connectivity index (χ2n) is 3.71. The zero-order valence-electron chi connectivity index (χ0n) is 9.61. The lowest BCUT2D eigenvalue weighted by atomic mass is 10.2. The summed E-state index contributed by atoms with van der Waals surface area (Å²) in [7, 11) is 1.67. The van der Waals surface area contributed by atoms with Gasteiger partial charge in [-0.1, -0.05) is 23.7 Å². The summed E-state index contributed by atoms with van der Waals surface area (Å²) < 4.78 is 5.11. The Bertz CT molecular complexity index is 465. The predicted molar refractivity (Wildman–Crippen MR) is 71.8 cm³/mol. The van der Waals surface area contributed by atoms with Crippen LogP contribution in [0.2, 0.25) is 5.02 Å². The highest BCUT2D eigenvalue weighted by atomic mass is 35.5. The third-order valence-electron chi connectivity index (χ3n) is 2.50. The highest BCUT2D eigenvalue weighted by Gasteiger charge is 1.95. The minimum absolute atomic E-state index is 0.750. The van der Waals surface area contributed by atoms with Crippen molar-refractivity contribution >= 4 is 17.3 Å². The van der Waals surface area contributed by atoms with Gasteiger partial charge in [0.1, 0.15) is 5.75 Å². The lowest BCUT2D eigenvalue weighted by molar-refractivity contribution is 0.414. The van der Waals surface area contributed by atoms with Crippen molar-refractivity contribution in [2.75, 3.05) is 12.4 Å². The van der Waals surface area contributed by atoms with E-state index in [1.54, 1.807) is 7.11 Å². The van der Waals surface area contributed by atoms with Crippen LogP contribution in [0.5, 0.6) is 5.75 Å². The number of rotatable bonds is 4. The van der Waals surface area contributed by atoms with Gasteiger partial charge in [0.15, 0.2) is 0 Å². The Morgan fingerprint density at radius 3 is 2.24 bits per heavy atom. The molecule has 0 aliphatic heterocycles. The van der Waals surface area contributed by atoms with Gasteiger partial charge >= 0.3 is 0 Å². The van der Waals surface area contributed by atoms with E-state index in [1.165, 1.54) is 5.56 Å². The number of nitrogens with one attached hydrogen (secondary N) is 1. The summed E-state index contributed by atoms with van der Waals surface area (Å²) in [6, 6.07) is 15.7. The van der Waals surface area contributed by atoms with Crippen LogP contribution in [-0.2, 0) is 6.54 Å². The average Bonchev–Trinajstić information content (AvgIpc) is 2.39. The summed E-state index contributed by atoms with van der Waals surface area (Å²) in [5, 5.41) is 4.08. The van der Waals surface area contributed by atoms with Gasteiger partial charge in [-0.25, -0.2) is 0 Å². The monoisotopic (exact) mass is 247 g/mol. The van der Waals surface area contributed by atoms with Crippen LogP contribution in [-0.4, -0.2) is 7.11 Å². The zero-order chi connectivity index (χ0) is 12.1. The Balaban J connectivity index is 1.95. The molecule has 1 N–H and O–H groups in total. The molecule has 0 atom stereocenters. The third kappa shape index (κ3) is 3.40. The Morgan fingerprint density at radius 2 is 1.65 bits per heavy atom. The van der Waals surface area contributed by atoms with Gasteiger partial charge in [0.05, 0.1) is 7.11 Å². The Kier molecular flexibility index (Phi) is 3.89. The Hall–Kier alpha value is -1.67. The maximum absolute atomic E-state index is 5.82. The second-order valence-corrected chi connectivity index (χ2v) is 4.14. The maximum Gasteiger partial charge on any atom is 0.118 e. The molecule has 3 heteroatoms. The van der Waals surface area contributed by atoms with Gasteiger partial charge in [-0.3, -0.25) is 0 Å². The molecule has 0 fully saturated rings. The molecule has 0 radical (unpaired) electrons. The Labute approximate surface area is 106 Å². The molecule has 0 bridgehead atoms. The normalized spacial score (nSPS) is 10.0. The van der Waals surface area contributed by atoms with Crippen LogP contribution in [0.25, 0.3) is 0 Å². The molecule has 0 saturated heterocycles. The van der Waals surface area contributed by atoms with Crippen molar-refractivity contribution in [3.05, 3.63) is 59.1 Å². The molecule has 0 aromatic heterocycles. The molecule has 0 saturated carbocycles. The lowest BCUT2D eigenvalue weighted by Gasteiger charge is -2.07. The lowest BCUT2D eigenvalue weighted by Crippen LogP contribution is -1.98. The van der Waals surface area contributed by atoms with E-state index in [4.69, 9.17) is 16.3 Å². The fourth-order valence-corrected chi connectivity index (χ4v) is 1.64. The Morgan fingerprint density at radius 1 is 1.00 bits per heavy atom. The van der Waals surface area contributed by atoms with Crippen LogP contribution in [0, 0.1) is 0 Å². The van der Waals surface area contributed by atoms with Crippen LogP contribution in [0.4, 0.5) is 5.69 Å². The number of benzene rings is 2. The molecule has 2 nitrogen and oxygen atoms in total. The highest BCUT2D eigenvalue weighted by Crippen LogP contribution is 2.15. The summed E-state index contributed by atoms with van der Waals surface area (Å²) in [6.07, 6.45) is 0. The third-order valence-corrected chi connectivity index (χ3v) is 2.75. The first-order valence-electron chi connectivity index (χ1n) is 5.40. The molecule has 2 aromatic rings. The minimum Gasteiger partial charge on any atom is -0.497 e. The van der Waals surface area contributed by atoms with E-state index in [2.05, 4.69) is 5.32 Å². The van der Waals surface area contributed by atoms with Crippen molar-refractivity contribution < 1.29 is 4.74 Å². The van der Waals surface area contributed by atoms with Crippen LogP contribution in [0.15, 0.2) is 48.5 Å². The molecule has 0 aliphatic carbocycles. The number of anilines is 1. The number of halogens is 1. The molecule has 2 aromatic carbocycles. The van der Waals surface area contributed by atoms with Crippen LogP contribution < -0.4 is 10.1 Å². The first-order valence-corrected chi connectivity index (χ1v) is 5.78. The largest absolute Gasteiger partial charge is 0.497 e. The van der Waals surface area contributed by atoms with Gasteiger partial charge in [-0.15, -0.1) is 0 Å². The topological polar surface area (TPSA) is 21.3 Å². The number of hydrogen-bond acceptors (Lipinski definition) is 2. The van der Waals surface area contributed by atoms with Gasteiger partial charge in [0.25, 0.3) is 0 Å². The van der Waals surface area contributed by atoms with Crippen molar-refractivity contribution in [3.8, 4) is 5.75 Å². The first kappa shape index (κ1) is 11.8. The van der Waals surface area contributed by atoms with Gasteiger partial charge < -0.3 is 10.1 Å². The summed E-state index contributed by atoms with van der Waals surface area (Å²) in [5.74, 6) is 0.875. The van der Waals surface area contributed by atoms with E-state index in [1.807, 2.05) is 48.5 Å². The zero-order valence-corrected chi connectivity index (χ0v) is 10.4. The van der Waals surface area contributed by atoms with Gasteiger partial charge in [-0.2, -0.15) is 0 Å². The van der Waals surface area contributed by atoms with Crippen LogP contribution >= 0.6 is 11.6 Å². The van der Waals surface area contributed by atoms with Gasteiger partial charge in [0.2, 0.25) is 0 Å². The van der Waals surface area contributed by atoms with E-state index < -0.39 is 0 Å². The summed E-state index contributed by atoms with van der Waals surface area (Å²) >= 11 is 5.82. The van der Waals surface area contributed by atoms with E-state index in [-0.39, 0.29) is 0 Å². The molecule has 17 heavy (non-hydrogen) atoms. The molecule has 0 spiro atoms. The second kappa shape index (κ2) is 5.60. The fraction of sp³-hybridized carbons (Fsp3) is 0.143. The van der Waals surface area contributed by atoms with Crippen LogP contribution in [0.3, 0.4) is 0 Å². The van der Waals surface area contributed by atoms with Crippen molar-refractivity contribution in [2.45, 2.75) is 6.54 Å². The van der Waals surface area contributed by atoms with Crippen molar-refractivity contribution in [2.24, 2.45) is 0 Å². The number of ether oxygens (including phenoxy) is 1. The number of hydrogen-bond donors (Lipinski definition) is 1. The number of methoxy groups -OCH3 is 1. The smallest absolute Gasteiger partial charge is 0.118 e. The molecule has 0 unspecified atom stereocenters. The van der Waals surface area contributed by atoms with Crippen molar-refractivity contribution in [1.82, 2.24) is 0 Å². The van der Waals surface area contributed by atoms with Crippen LogP contribution in [0.1, 0.15) is 5.56 Å².